The predicted octanol–water partition coefficient (Wildman–Crippen LogP) is 0.229. The molecule has 0 spiro atoms. The van der Waals surface area contributed by atoms with E-state index in [0.29, 0.717) is 19.3 Å². The van der Waals surface area contributed by atoms with E-state index in [0.717, 1.165) is 0 Å². The number of hydrogen-bond acceptors (Lipinski definition) is 12. The van der Waals surface area contributed by atoms with E-state index in [2.05, 4.69) is 37.2 Å². The van der Waals surface area contributed by atoms with Gasteiger partial charge in [0, 0.05) is 19.4 Å². The Hall–Kier alpha value is -5.87. The van der Waals surface area contributed by atoms with Gasteiger partial charge in [0.05, 0.1) is 6.04 Å². The lowest BCUT2D eigenvalue weighted by atomic mass is 9.97. The maximum absolute atomic E-state index is 14.1. The molecule has 1 aliphatic rings. The summed E-state index contributed by atoms with van der Waals surface area (Å²) in [6.07, 6.45) is -0.134. The molecule has 0 aromatic carbocycles. The molecule has 0 aromatic heterocycles. The van der Waals surface area contributed by atoms with Crippen LogP contribution in [0.25, 0.3) is 0 Å². The SMILES string of the molecule is CC[C@H](C)[C@H](N)C(=O)N[C@@H](CCC(=O)O)C(=O)N[C@H](C(=O)N[C@H](C(=O)N[C@@H](CCC(=O)O)C(=O)N[C@H](C(=O)N[C@H](C(=O)N1CCC[C@H]1C(=O)N[C@H](C(=O)O)[C@@H](C)CC)C(C)C)C(C)C)C(C)C)C(C)C. The molecular formula is C47H81N9O14. The summed E-state index contributed by atoms with van der Waals surface area (Å²) >= 11 is 0. The Kier molecular flexibility index (Phi) is 26.1. The minimum Gasteiger partial charge on any atom is -0.481 e. The highest BCUT2D eigenvalue weighted by Gasteiger charge is 2.42. The van der Waals surface area contributed by atoms with Crippen molar-refractivity contribution in [1.29, 1.82) is 0 Å². The van der Waals surface area contributed by atoms with Gasteiger partial charge in [0.1, 0.15) is 48.3 Å². The standard InChI is InChI=1S/C47H81N9O14/c1-13-26(11)33(48)42(64)49-28(17-19-31(57)58)39(61)51-35(23(5)6)44(66)53-34(22(3)4)43(65)50-29(18-20-32(59)60)40(62)52-36(24(7)8)45(67)54-37(25(9)10)46(68)56-21-15-16-30(56)41(63)55-38(47(69)70)27(12)14-2/h22-30,33-38H,13-21,48H2,1-12H3,(H,49,64)(H,50,65)(H,51,61)(H,52,62)(H,53,66)(H,54,67)(H,55,63)(H,57,58)(H,59,60)(H,69,70)/t26-,27-,28-,29-,30-,33-,34-,35-,36-,37-,38-/m0/s1. The number of hydrogen-bond donors (Lipinski definition) is 11. The Morgan fingerprint density at radius 2 is 0.871 bits per heavy atom. The molecule has 70 heavy (non-hydrogen) atoms. The summed E-state index contributed by atoms with van der Waals surface area (Å²) in [6.45, 7) is 20.1. The quantitative estimate of drug-likeness (QED) is 0.0459. The van der Waals surface area contributed by atoms with Crippen LogP contribution >= 0.6 is 0 Å². The second-order valence-electron chi connectivity index (χ2n) is 19.7. The molecule has 0 radical (unpaired) electrons. The number of carboxylic acids is 3. The number of nitrogens with two attached hydrogens (primary N) is 1. The molecular weight excluding hydrogens is 915 g/mol. The van der Waals surface area contributed by atoms with Gasteiger partial charge in [-0.1, -0.05) is 95.9 Å². The Labute approximate surface area is 411 Å². The largest absolute Gasteiger partial charge is 0.481 e. The molecule has 0 saturated carbocycles. The van der Waals surface area contributed by atoms with Crippen molar-refractivity contribution in [1.82, 2.24) is 42.1 Å². The predicted molar refractivity (Wildman–Crippen MR) is 256 cm³/mol. The normalized spacial score (nSPS) is 18.0. The van der Waals surface area contributed by atoms with Crippen molar-refractivity contribution in [3.8, 4) is 0 Å². The molecule has 1 heterocycles. The number of carbonyl (C=O) groups is 11. The number of nitrogens with zero attached hydrogens (tertiary/aromatic N) is 1. The highest BCUT2D eigenvalue weighted by Crippen LogP contribution is 2.22. The van der Waals surface area contributed by atoms with Crippen molar-refractivity contribution in [3.63, 3.8) is 0 Å². The first-order chi connectivity index (χ1) is 32.5. The number of carboxylic acid groups (broad SMARTS) is 3. The first-order valence-electron chi connectivity index (χ1n) is 24.4. The van der Waals surface area contributed by atoms with Gasteiger partial charge in [-0.15, -0.1) is 0 Å². The number of carbonyl (C=O) groups excluding carboxylic acids is 8. The summed E-state index contributed by atoms with van der Waals surface area (Å²) in [6, 6.07) is -11.3. The van der Waals surface area contributed by atoms with Crippen LogP contribution in [-0.2, 0) is 52.7 Å². The van der Waals surface area contributed by atoms with E-state index in [4.69, 9.17) is 5.73 Å². The summed E-state index contributed by atoms with van der Waals surface area (Å²) < 4.78 is 0. The van der Waals surface area contributed by atoms with Crippen LogP contribution in [0.3, 0.4) is 0 Å². The van der Waals surface area contributed by atoms with Crippen LogP contribution in [0.2, 0.25) is 0 Å². The topological polar surface area (TPSA) is 362 Å². The van der Waals surface area contributed by atoms with E-state index in [1.54, 1.807) is 76.2 Å². The van der Waals surface area contributed by atoms with Crippen molar-refractivity contribution in [2.45, 2.75) is 189 Å². The van der Waals surface area contributed by atoms with Crippen LogP contribution in [0.1, 0.15) is 134 Å². The number of nitrogens with one attached hydrogen (secondary N) is 7. The molecule has 1 aliphatic heterocycles. The van der Waals surface area contributed by atoms with Gasteiger partial charge in [0.25, 0.3) is 0 Å². The van der Waals surface area contributed by atoms with Crippen LogP contribution in [0.5, 0.6) is 0 Å². The first-order valence-corrected chi connectivity index (χ1v) is 24.4. The highest BCUT2D eigenvalue weighted by atomic mass is 16.4. The monoisotopic (exact) mass is 996 g/mol. The number of rotatable bonds is 30. The maximum Gasteiger partial charge on any atom is 0.326 e. The number of amides is 8. The Balaban J connectivity index is 3.36. The third kappa shape index (κ3) is 19.1. The highest BCUT2D eigenvalue weighted by molar-refractivity contribution is 5.98. The van der Waals surface area contributed by atoms with Crippen molar-refractivity contribution in [2.24, 2.45) is 41.2 Å². The zero-order valence-corrected chi connectivity index (χ0v) is 42.9. The average Bonchev–Trinajstić information content (AvgIpc) is 3.78. The van der Waals surface area contributed by atoms with E-state index in [-0.39, 0.29) is 25.3 Å². The van der Waals surface area contributed by atoms with E-state index in [9.17, 15) is 68.1 Å². The van der Waals surface area contributed by atoms with Crippen molar-refractivity contribution in [2.75, 3.05) is 6.54 Å². The minimum atomic E-state index is -1.56. The van der Waals surface area contributed by atoms with Crippen LogP contribution in [0, 0.1) is 35.5 Å². The Bertz CT molecular complexity index is 1860. The molecule has 1 rings (SSSR count). The molecule has 398 valence electrons. The number of aliphatic carboxylic acids is 3. The smallest absolute Gasteiger partial charge is 0.326 e. The van der Waals surface area contributed by atoms with Gasteiger partial charge in [-0.2, -0.15) is 0 Å². The van der Waals surface area contributed by atoms with Gasteiger partial charge in [0.15, 0.2) is 0 Å². The van der Waals surface area contributed by atoms with E-state index >= 15 is 0 Å². The second kappa shape index (κ2) is 29.3. The molecule has 23 nitrogen and oxygen atoms in total. The van der Waals surface area contributed by atoms with Crippen LogP contribution < -0.4 is 43.0 Å². The van der Waals surface area contributed by atoms with Crippen molar-refractivity contribution < 1.29 is 68.1 Å². The third-order valence-electron chi connectivity index (χ3n) is 12.7. The lowest BCUT2D eigenvalue weighted by Crippen LogP contribution is -2.62. The summed E-state index contributed by atoms with van der Waals surface area (Å²) in [5.41, 5.74) is 6.05. The van der Waals surface area contributed by atoms with Crippen molar-refractivity contribution >= 4 is 65.2 Å². The molecule has 1 fully saturated rings. The van der Waals surface area contributed by atoms with Gasteiger partial charge in [-0.3, -0.25) is 47.9 Å². The Morgan fingerprint density at radius 3 is 1.24 bits per heavy atom. The second-order valence-corrected chi connectivity index (χ2v) is 19.7. The fourth-order valence-corrected chi connectivity index (χ4v) is 7.64. The molecule has 1 saturated heterocycles. The molecule has 0 aliphatic carbocycles. The van der Waals surface area contributed by atoms with Gasteiger partial charge < -0.3 is 63.2 Å². The maximum atomic E-state index is 14.1. The van der Waals surface area contributed by atoms with Gasteiger partial charge >= 0.3 is 17.9 Å². The van der Waals surface area contributed by atoms with Gasteiger partial charge in [-0.25, -0.2) is 4.79 Å². The van der Waals surface area contributed by atoms with Crippen LogP contribution in [0.4, 0.5) is 0 Å². The summed E-state index contributed by atoms with van der Waals surface area (Å²) in [5, 5.41) is 46.6. The molecule has 11 atom stereocenters. The van der Waals surface area contributed by atoms with E-state index in [1.807, 2.05) is 6.92 Å². The summed E-state index contributed by atoms with van der Waals surface area (Å²) in [5.74, 6) is -13.1. The molecule has 8 amide bonds. The molecule has 12 N–H and O–H groups in total. The fraction of sp³-hybridized carbons (Fsp3) is 0.766. The summed E-state index contributed by atoms with van der Waals surface area (Å²) in [4.78, 5) is 146. The van der Waals surface area contributed by atoms with Gasteiger partial charge in [0.2, 0.25) is 47.3 Å². The minimum absolute atomic E-state index is 0.167. The zero-order chi connectivity index (χ0) is 53.9. The number of likely N-dealkylation sites (tertiary alicyclic amines) is 1. The third-order valence-corrected chi connectivity index (χ3v) is 12.7. The average molecular weight is 996 g/mol. The zero-order valence-electron chi connectivity index (χ0n) is 42.9. The molecule has 0 unspecified atom stereocenters. The lowest BCUT2D eigenvalue weighted by molar-refractivity contribution is -0.146. The Morgan fingerprint density at radius 1 is 0.500 bits per heavy atom. The van der Waals surface area contributed by atoms with Crippen LogP contribution in [-0.4, -0.2) is 146 Å². The molecule has 0 bridgehead atoms. The summed E-state index contributed by atoms with van der Waals surface area (Å²) in [7, 11) is 0. The fourth-order valence-electron chi connectivity index (χ4n) is 7.64. The van der Waals surface area contributed by atoms with Crippen LogP contribution in [0.15, 0.2) is 0 Å². The lowest BCUT2D eigenvalue weighted by Gasteiger charge is -2.33. The van der Waals surface area contributed by atoms with E-state index < -0.39 is 168 Å². The molecule has 0 aromatic rings. The van der Waals surface area contributed by atoms with E-state index in [1.165, 1.54) is 4.90 Å². The van der Waals surface area contributed by atoms with Gasteiger partial charge in [-0.05, 0) is 61.2 Å². The van der Waals surface area contributed by atoms with Crippen molar-refractivity contribution in [3.05, 3.63) is 0 Å². The first kappa shape index (κ1) is 62.1. The molecule has 23 heteroatoms.